The Labute approximate surface area is 94.7 Å². The molecule has 0 aliphatic rings. The Hall–Kier alpha value is -1.14. The molecule has 0 heterocycles. The predicted molar refractivity (Wildman–Crippen MR) is 54.3 cm³/mol. The number of nitrogens with zero attached hydrogens (tertiary/aromatic N) is 1. The molecule has 0 radical (unpaired) electrons. The van der Waals surface area contributed by atoms with Gasteiger partial charge in [-0.2, -0.15) is 0 Å². The number of aliphatic hydroxyl groups is 1. The van der Waals surface area contributed by atoms with Gasteiger partial charge in [0.1, 0.15) is 12.4 Å². The number of carbonyl (C=O) groups is 2. The summed E-state index contributed by atoms with van der Waals surface area (Å²) < 4.78 is -0.119. The molecule has 0 aromatic heterocycles. The van der Waals surface area contributed by atoms with Crippen molar-refractivity contribution in [2.24, 2.45) is 0 Å². The standard InChI is InChI=1S/C10H19NO5/c1-7(12)5-10(9(15)16,6-8(13)14)11(2,3)4/h7,12H,5-6H2,1-4H3,(H-,13,14,15,16). The lowest BCUT2D eigenvalue weighted by atomic mass is 9.85. The summed E-state index contributed by atoms with van der Waals surface area (Å²) in [5, 5.41) is 29.3. The molecule has 0 fully saturated rings. The third-order valence-corrected chi connectivity index (χ3v) is 2.74. The lowest BCUT2D eigenvalue weighted by molar-refractivity contribution is -0.916. The summed E-state index contributed by atoms with van der Waals surface area (Å²) in [6, 6.07) is 0. The van der Waals surface area contributed by atoms with Gasteiger partial charge >= 0.3 is 5.97 Å². The van der Waals surface area contributed by atoms with Gasteiger partial charge in [-0.3, -0.25) is 4.79 Å². The molecule has 0 bridgehead atoms. The SMILES string of the molecule is CC(O)CC(CC(=O)O)(C(=O)[O-])[N+](C)(C)C. The maximum absolute atomic E-state index is 11.2. The molecule has 2 unspecified atom stereocenters. The zero-order valence-corrected chi connectivity index (χ0v) is 10.1. The number of carboxylic acid groups (broad SMARTS) is 2. The van der Waals surface area contributed by atoms with Crippen molar-refractivity contribution in [2.75, 3.05) is 21.1 Å². The number of carbonyl (C=O) groups excluding carboxylic acids is 1. The molecule has 94 valence electrons. The van der Waals surface area contributed by atoms with Crippen molar-refractivity contribution >= 4 is 11.9 Å². The smallest absolute Gasteiger partial charge is 0.310 e. The number of likely N-dealkylation sites (N-methyl/N-ethyl adjacent to an activating group) is 1. The first-order valence-corrected chi connectivity index (χ1v) is 4.96. The van der Waals surface area contributed by atoms with Crippen LogP contribution in [0.25, 0.3) is 0 Å². The molecule has 0 aliphatic carbocycles. The molecule has 2 N–H and O–H groups in total. The predicted octanol–water partition coefficient (Wildman–Crippen LogP) is -1.57. The van der Waals surface area contributed by atoms with E-state index in [2.05, 4.69) is 0 Å². The van der Waals surface area contributed by atoms with Crippen LogP contribution < -0.4 is 5.11 Å². The summed E-state index contributed by atoms with van der Waals surface area (Å²) in [6.45, 7) is 1.43. The Morgan fingerprint density at radius 3 is 2.00 bits per heavy atom. The second kappa shape index (κ2) is 4.80. The molecule has 0 aromatic carbocycles. The first kappa shape index (κ1) is 14.9. The van der Waals surface area contributed by atoms with E-state index in [1.165, 1.54) is 6.92 Å². The minimum Gasteiger partial charge on any atom is -0.544 e. The first-order chi connectivity index (χ1) is 7.03. The van der Waals surface area contributed by atoms with Gasteiger partial charge in [0.05, 0.1) is 27.2 Å². The molecule has 6 nitrogen and oxygen atoms in total. The summed E-state index contributed by atoms with van der Waals surface area (Å²) in [5.74, 6) is -2.68. The number of rotatable bonds is 6. The normalized spacial score (nSPS) is 17.6. The third kappa shape index (κ3) is 3.18. The summed E-state index contributed by atoms with van der Waals surface area (Å²) in [6.07, 6.45) is -1.65. The Bertz CT molecular complexity index is 281. The van der Waals surface area contributed by atoms with E-state index in [9.17, 15) is 19.8 Å². The zero-order chi connectivity index (χ0) is 13.1. The van der Waals surface area contributed by atoms with E-state index in [1.807, 2.05) is 0 Å². The van der Waals surface area contributed by atoms with Crippen LogP contribution in [-0.4, -0.2) is 59.4 Å². The molecule has 0 saturated heterocycles. The number of hydrogen-bond donors (Lipinski definition) is 2. The van der Waals surface area contributed by atoms with Crippen LogP contribution in [0, 0.1) is 0 Å². The van der Waals surface area contributed by atoms with Crippen LogP contribution in [0.2, 0.25) is 0 Å². The van der Waals surface area contributed by atoms with Gasteiger partial charge in [0, 0.05) is 6.42 Å². The molecule has 0 amide bonds. The number of hydrogen-bond acceptors (Lipinski definition) is 4. The van der Waals surface area contributed by atoms with Gasteiger partial charge < -0.3 is 24.6 Å². The van der Waals surface area contributed by atoms with E-state index >= 15 is 0 Å². The average molecular weight is 233 g/mol. The van der Waals surface area contributed by atoms with Gasteiger partial charge in [-0.05, 0) is 6.92 Å². The van der Waals surface area contributed by atoms with Crippen LogP contribution >= 0.6 is 0 Å². The van der Waals surface area contributed by atoms with E-state index in [-0.39, 0.29) is 10.9 Å². The molecule has 0 aromatic rings. The van der Waals surface area contributed by atoms with Crippen molar-refractivity contribution in [3.63, 3.8) is 0 Å². The summed E-state index contributed by atoms with van der Waals surface area (Å²) in [5.41, 5.74) is -1.63. The Balaban J connectivity index is 5.40. The maximum atomic E-state index is 11.2. The van der Waals surface area contributed by atoms with Gasteiger partial charge in [0.15, 0.2) is 5.54 Å². The Kier molecular flexibility index (Phi) is 4.45. The number of carboxylic acids is 2. The van der Waals surface area contributed by atoms with E-state index in [0.717, 1.165) is 0 Å². The van der Waals surface area contributed by atoms with E-state index < -0.39 is 30.0 Å². The van der Waals surface area contributed by atoms with Crippen molar-refractivity contribution in [3.05, 3.63) is 0 Å². The van der Waals surface area contributed by atoms with Crippen LogP contribution in [0.1, 0.15) is 19.8 Å². The van der Waals surface area contributed by atoms with Crippen LogP contribution in [0.5, 0.6) is 0 Å². The molecule has 16 heavy (non-hydrogen) atoms. The highest BCUT2D eigenvalue weighted by atomic mass is 16.4. The molecular weight excluding hydrogens is 214 g/mol. The van der Waals surface area contributed by atoms with Crippen LogP contribution in [-0.2, 0) is 9.59 Å². The number of aliphatic hydroxyl groups excluding tert-OH is 1. The van der Waals surface area contributed by atoms with Crippen molar-refractivity contribution in [1.82, 2.24) is 0 Å². The topological polar surface area (TPSA) is 97.7 Å². The fourth-order valence-corrected chi connectivity index (χ4v) is 1.75. The van der Waals surface area contributed by atoms with Gasteiger partial charge in [-0.25, -0.2) is 0 Å². The lowest BCUT2D eigenvalue weighted by Gasteiger charge is -2.46. The maximum Gasteiger partial charge on any atom is 0.310 e. The van der Waals surface area contributed by atoms with E-state index in [0.29, 0.717) is 0 Å². The van der Waals surface area contributed by atoms with Crippen molar-refractivity contribution in [1.29, 1.82) is 0 Å². The largest absolute Gasteiger partial charge is 0.544 e. The van der Waals surface area contributed by atoms with Crippen LogP contribution in [0.15, 0.2) is 0 Å². The van der Waals surface area contributed by atoms with Crippen LogP contribution in [0.4, 0.5) is 0 Å². The fourth-order valence-electron chi connectivity index (χ4n) is 1.75. The number of aliphatic carboxylic acids is 2. The van der Waals surface area contributed by atoms with E-state index in [4.69, 9.17) is 5.11 Å². The lowest BCUT2D eigenvalue weighted by Crippen LogP contribution is -2.67. The highest BCUT2D eigenvalue weighted by Crippen LogP contribution is 2.28. The molecule has 0 rings (SSSR count). The summed E-state index contributed by atoms with van der Waals surface area (Å²) in [7, 11) is 4.71. The van der Waals surface area contributed by atoms with Crippen molar-refractivity contribution in [3.8, 4) is 0 Å². The average Bonchev–Trinajstić information content (AvgIpc) is 1.97. The number of quaternary nitrogens is 1. The summed E-state index contributed by atoms with van der Waals surface area (Å²) >= 11 is 0. The third-order valence-electron chi connectivity index (χ3n) is 2.74. The molecule has 2 atom stereocenters. The van der Waals surface area contributed by atoms with Crippen molar-refractivity contribution in [2.45, 2.75) is 31.4 Å². The van der Waals surface area contributed by atoms with Gasteiger partial charge in [0.2, 0.25) is 0 Å². The van der Waals surface area contributed by atoms with Crippen molar-refractivity contribution < 1.29 is 29.4 Å². The highest BCUT2D eigenvalue weighted by Gasteiger charge is 2.47. The minimum absolute atomic E-state index is 0.119. The summed E-state index contributed by atoms with van der Waals surface area (Å²) in [4.78, 5) is 22.0. The molecular formula is C10H19NO5. The first-order valence-electron chi connectivity index (χ1n) is 4.96. The second-order valence-corrected chi connectivity index (χ2v) is 4.96. The second-order valence-electron chi connectivity index (χ2n) is 4.96. The quantitative estimate of drug-likeness (QED) is 0.540. The highest BCUT2D eigenvalue weighted by molar-refractivity contribution is 5.82. The minimum atomic E-state index is -1.63. The van der Waals surface area contributed by atoms with E-state index in [1.54, 1.807) is 21.1 Å². The Morgan fingerprint density at radius 2 is 1.81 bits per heavy atom. The monoisotopic (exact) mass is 233 g/mol. The molecule has 0 spiro atoms. The van der Waals surface area contributed by atoms with Gasteiger partial charge in [-0.15, -0.1) is 0 Å². The van der Waals surface area contributed by atoms with Crippen LogP contribution in [0.3, 0.4) is 0 Å². The zero-order valence-electron chi connectivity index (χ0n) is 10.1. The molecule has 0 saturated carbocycles. The molecule has 0 aliphatic heterocycles. The Morgan fingerprint density at radius 1 is 1.38 bits per heavy atom. The van der Waals surface area contributed by atoms with Gasteiger partial charge in [-0.1, -0.05) is 0 Å². The van der Waals surface area contributed by atoms with Gasteiger partial charge in [0.25, 0.3) is 0 Å². The fraction of sp³-hybridized carbons (Fsp3) is 0.800. The molecule has 6 heteroatoms.